The van der Waals surface area contributed by atoms with Gasteiger partial charge in [0.05, 0.1) is 0 Å². The summed E-state index contributed by atoms with van der Waals surface area (Å²) in [5.74, 6) is -0.623. The second-order valence-electron chi connectivity index (χ2n) is 6.72. The number of anilines is 1. The van der Waals surface area contributed by atoms with Gasteiger partial charge in [-0.3, -0.25) is 4.79 Å². The van der Waals surface area contributed by atoms with E-state index < -0.39 is 5.82 Å². The lowest BCUT2D eigenvalue weighted by molar-refractivity contribution is 0.0924. The highest BCUT2D eigenvalue weighted by Gasteiger charge is 2.19. The smallest absolute Gasteiger partial charge is 0.287 e. The lowest BCUT2D eigenvalue weighted by atomic mass is 10.1. The van der Waals surface area contributed by atoms with Crippen molar-refractivity contribution in [3.05, 3.63) is 65.2 Å². The number of rotatable bonds is 4. The predicted octanol–water partition coefficient (Wildman–Crippen LogP) is 4.41. The number of hydrogen-bond acceptors (Lipinski definition) is 3. The summed E-state index contributed by atoms with van der Waals surface area (Å²) in [6.45, 7) is 4.39. The number of para-hydroxylation sites is 1. The minimum absolute atomic E-state index is 0.130. The number of nitrogens with zero attached hydrogens (tertiary/aromatic N) is 1. The first kappa shape index (κ1) is 16.6. The molecule has 0 bridgehead atoms. The molecular formula is C21H21FN2O2. The van der Waals surface area contributed by atoms with Gasteiger partial charge in [-0.2, -0.15) is 0 Å². The Morgan fingerprint density at radius 3 is 2.58 bits per heavy atom. The Kier molecular flexibility index (Phi) is 4.37. The Morgan fingerprint density at radius 2 is 1.88 bits per heavy atom. The van der Waals surface area contributed by atoms with Crippen molar-refractivity contribution in [2.45, 2.75) is 26.3 Å². The summed E-state index contributed by atoms with van der Waals surface area (Å²) < 4.78 is 19.3. The van der Waals surface area contributed by atoms with Gasteiger partial charge in [0, 0.05) is 36.3 Å². The summed E-state index contributed by atoms with van der Waals surface area (Å²) in [6.07, 6.45) is 2.49. The molecule has 4 rings (SSSR count). The van der Waals surface area contributed by atoms with E-state index in [-0.39, 0.29) is 17.3 Å². The van der Waals surface area contributed by atoms with E-state index in [1.165, 1.54) is 24.6 Å². The Morgan fingerprint density at radius 1 is 1.15 bits per heavy atom. The summed E-state index contributed by atoms with van der Waals surface area (Å²) in [4.78, 5) is 14.8. The van der Waals surface area contributed by atoms with Crippen LogP contribution in [0, 0.1) is 12.7 Å². The first-order valence-electron chi connectivity index (χ1n) is 8.93. The van der Waals surface area contributed by atoms with Crippen LogP contribution in [-0.2, 0) is 6.54 Å². The Balaban J connectivity index is 1.45. The first-order valence-corrected chi connectivity index (χ1v) is 8.93. The van der Waals surface area contributed by atoms with Gasteiger partial charge in [0.15, 0.2) is 17.2 Å². The van der Waals surface area contributed by atoms with Crippen molar-refractivity contribution < 1.29 is 13.6 Å². The zero-order valence-corrected chi connectivity index (χ0v) is 14.7. The van der Waals surface area contributed by atoms with Crippen LogP contribution in [0.4, 0.5) is 10.1 Å². The fourth-order valence-corrected chi connectivity index (χ4v) is 3.49. The van der Waals surface area contributed by atoms with Gasteiger partial charge >= 0.3 is 0 Å². The number of nitrogens with one attached hydrogen (secondary N) is 1. The summed E-state index contributed by atoms with van der Waals surface area (Å²) in [5, 5.41) is 3.49. The van der Waals surface area contributed by atoms with E-state index in [1.807, 2.05) is 12.1 Å². The SMILES string of the molecule is Cc1c(C(=O)NCc2ccc(N3CCCC3)cc2)oc2c(F)cccc12. The third kappa shape index (κ3) is 3.05. The average Bonchev–Trinajstić information content (AvgIpc) is 3.30. The van der Waals surface area contributed by atoms with Gasteiger partial charge in [-0.15, -0.1) is 0 Å². The molecule has 0 atom stereocenters. The number of carbonyl (C=O) groups excluding carboxylic acids is 1. The lowest BCUT2D eigenvalue weighted by Gasteiger charge is -2.17. The van der Waals surface area contributed by atoms with Gasteiger partial charge in [-0.1, -0.05) is 24.3 Å². The lowest BCUT2D eigenvalue weighted by Crippen LogP contribution is -2.23. The predicted molar refractivity (Wildman–Crippen MR) is 100.0 cm³/mol. The average molecular weight is 352 g/mol. The van der Waals surface area contributed by atoms with Gasteiger partial charge in [0.25, 0.3) is 5.91 Å². The zero-order valence-electron chi connectivity index (χ0n) is 14.7. The maximum atomic E-state index is 13.8. The van der Waals surface area contributed by atoms with Crippen LogP contribution in [0.25, 0.3) is 11.0 Å². The van der Waals surface area contributed by atoms with Crippen LogP contribution in [-0.4, -0.2) is 19.0 Å². The van der Waals surface area contributed by atoms with Crippen molar-refractivity contribution in [3.63, 3.8) is 0 Å². The minimum atomic E-state index is -0.456. The molecule has 0 aliphatic carbocycles. The number of halogens is 1. The largest absolute Gasteiger partial charge is 0.448 e. The molecule has 134 valence electrons. The number of amides is 1. The number of fused-ring (bicyclic) bond motifs is 1. The molecule has 0 unspecified atom stereocenters. The minimum Gasteiger partial charge on any atom is -0.448 e. The van der Waals surface area contributed by atoms with E-state index in [2.05, 4.69) is 22.3 Å². The third-order valence-corrected chi connectivity index (χ3v) is 4.98. The van der Waals surface area contributed by atoms with Crippen molar-refractivity contribution in [1.29, 1.82) is 0 Å². The van der Waals surface area contributed by atoms with Crippen molar-refractivity contribution in [3.8, 4) is 0 Å². The molecule has 3 aromatic rings. The van der Waals surface area contributed by atoms with Crippen molar-refractivity contribution in [1.82, 2.24) is 5.32 Å². The molecular weight excluding hydrogens is 331 g/mol. The number of carbonyl (C=O) groups is 1. The molecule has 0 saturated carbocycles. The monoisotopic (exact) mass is 352 g/mol. The quantitative estimate of drug-likeness (QED) is 0.756. The van der Waals surface area contributed by atoms with E-state index in [0.717, 1.165) is 18.7 Å². The van der Waals surface area contributed by atoms with E-state index in [1.54, 1.807) is 19.1 Å². The Bertz CT molecular complexity index is 941. The molecule has 26 heavy (non-hydrogen) atoms. The van der Waals surface area contributed by atoms with Gasteiger partial charge < -0.3 is 14.6 Å². The topological polar surface area (TPSA) is 45.5 Å². The Labute approximate surface area is 151 Å². The summed E-state index contributed by atoms with van der Waals surface area (Å²) in [7, 11) is 0. The van der Waals surface area contributed by atoms with E-state index in [4.69, 9.17) is 4.42 Å². The summed E-state index contributed by atoms with van der Waals surface area (Å²) in [5.41, 5.74) is 3.02. The van der Waals surface area contributed by atoms with Gasteiger partial charge in [-0.05, 0) is 43.5 Å². The molecule has 1 aliphatic heterocycles. The standard InChI is InChI=1S/C21H21FN2O2/c1-14-17-5-4-6-18(22)20(17)26-19(14)21(25)23-13-15-7-9-16(10-8-15)24-11-2-3-12-24/h4-10H,2-3,11-13H2,1H3,(H,23,25). The molecule has 1 amide bonds. The van der Waals surface area contributed by atoms with Gasteiger partial charge in [0.1, 0.15) is 0 Å². The second-order valence-corrected chi connectivity index (χ2v) is 6.72. The summed E-state index contributed by atoms with van der Waals surface area (Å²) >= 11 is 0. The highest BCUT2D eigenvalue weighted by molar-refractivity contribution is 5.98. The van der Waals surface area contributed by atoms with Crippen molar-refractivity contribution >= 4 is 22.6 Å². The first-order chi connectivity index (χ1) is 12.6. The fraction of sp³-hybridized carbons (Fsp3) is 0.286. The van der Waals surface area contributed by atoms with Crippen LogP contribution in [0.2, 0.25) is 0 Å². The third-order valence-electron chi connectivity index (χ3n) is 4.98. The van der Waals surface area contributed by atoms with Crippen molar-refractivity contribution in [2.24, 2.45) is 0 Å². The number of aryl methyl sites for hydroxylation is 1. The molecule has 5 heteroatoms. The molecule has 0 radical (unpaired) electrons. The highest BCUT2D eigenvalue weighted by Crippen LogP contribution is 2.27. The molecule has 1 saturated heterocycles. The van der Waals surface area contributed by atoms with Crippen LogP contribution in [0.15, 0.2) is 46.9 Å². The number of benzene rings is 2. The fourth-order valence-electron chi connectivity index (χ4n) is 3.49. The van der Waals surface area contributed by atoms with Crippen LogP contribution in [0.1, 0.15) is 34.5 Å². The molecule has 1 fully saturated rings. The van der Waals surface area contributed by atoms with Gasteiger partial charge in [0.2, 0.25) is 0 Å². The molecule has 2 aromatic carbocycles. The van der Waals surface area contributed by atoms with E-state index >= 15 is 0 Å². The van der Waals surface area contributed by atoms with Crippen LogP contribution in [0.5, 0.6) is 0 Å². The molecule has 1 N–H and O–H groups in total. The van der Waals surface area contributed by atoms with E-state index in [9.17, 15) is 9.18 Å². The molecule has 1 aromatic heterocycles. The zero-order chi connectivity index (χ0) is 18.1. The van der Waals surface area contributed by atoms with Crippen LogP contribution >= 0.6 is 0 Å². The highest BCUT2D eigenvalue weighted by atomic mass is 19.1. The molecule has 0 spiro atoms. The molecule has 2 heterocycles. The maximum Gasteiger partial charge on any atom is 0.287 e. The number of hydrogen-bond donors (Lipinski definition) is 1. The maximum absolute atomic E-state index is 13.8. The Hall–Kier alpha value is -2.82. The van der Waals surface area contributed by atoms with Crippen LogP contribution < -0.4 is 10.2 Å². The number of furan rings is 1. The van der Waals surface area contributed by atoms with Gasteiger partial charge in [-0.25, -0.2) is 4.39 Å². The van der Waals surface area contributed by atoms with Crippen LogP contribution in [0.3, 0.4) is 0 Å². The second kappa shape index (κ2) is 6.83. The van der Waals surface area contributed by atoms with Crippen molar-refractivity contribution in [2.75, 3.05) is 18.0 Å². The molecule has 1 aliphatic rings. The summed E-state index contributed by atoms with van der Waals surface area (Å²) in [6, 6.07) is 12.9. The normalized spacial score (nSPS) is 14.2. The van der Waals surface area contributed by atoms with E-state index in [0.29, 0.717) is 17.5 Å². The molecule has 4 nitrogen and oxygen atoms in total.